The monoisotopic (exact) mass is 285 g/mol. The summed E-state index contributed by atoms with van der Waals surface area (Å²) in [5, 5.41) is 13.7. The molecule has 0 bridgehead atoms. The van der Waals surface area contributed by atoms with Gasteiger partial charge < -0.3 is 15.2 Å². The van der Waals surface area contributed by atoms with Crippen molar-refractivity contribution >= 4 is 17.3 Å². The van der Waals surface area contributed by atoms with Crippen LogP contribution in [0.2, 0.25) is 5.02 Å². The molecule has 0 aromatic heterocycles. The number of hydrogen-bond acceptors (Lipinski definition) is 3. The third kappa shape index (κ3) is 7.41. The fourth-order valence-electron chi connectivity index (χ4n) is 1.87. The summed E-state index contributed by atoms with van der Waals surface area (Å²) in [7, 11) is 0. The van der Waals surface area contributed by atoms with Crippen LogP contribution in [0.15, 0.2) is 24.3 Å². The van der Waals surface area contributed by atoms with E-state index in [1.807, 2.05) is 31.2 Å². The summed E-state index contributed by atoms with van der Waals surface area (Å²) >= 11 is 5.80. The Kier molecular flexibility index (Phi) is 7.21. The van der Waals surface area contributed by atoms with Gasteiger partial charge >= 0.3 is 0 Å². The highest BCUT2D eigenvalue weighted by molar-refractivity contribution is 6.30. The Hall–Kier alpha value is -0.770. The Labute approximate surface area is 120 Å². The zero-order valence-electron chi connectivity index (χ0n) is 11.9. The molecule has 0 amide bonds. The lowest BCUT2D eigenvalue weighted by molar-refractivity contribution is -0.00443. The van der Waals surface area contributed by atoms with Gasteiger partial charge in [0.2, 0.25) is 0 Å². The van der Waals surface area contributed by atoms with E-state index in [0.717, 1.165) is 12.1 Å². The van der Waals surface area contributed by atoms with Gasteiger partial charge in [-0.15, -0.1) is 0 Å². The number of aliphatic hydroxyl groups is 1. The van der Waals surface area contributed by atoms with Gasteiger partial charge in [-0.2, -0.15) is 0 Å². The summed E-state index contributed by atoms with van der Waals surface area (Å²) < 4.78 is 5.61. The van der Waals surface area contributed by atoms with Gasteiger partial charge in [-0.05, 0) is 43.5 Å². The molecule has 0 aliphatic heterocycles. The number of aliphatic hydroxyl groups excluding tert-OH is 1. The minimum Gasteiger partial charge on any atom is -0.389 e. The largest absolute Gasteiger partial charge is 0.389 e. The first kappa shape index (κ1) is 16.3. The maximum Gasteiger partial charge on any atom is 0.0945 e. The molecular weight excluding hydrogens is 262 g/mol. The second-order valence-electron chi connectivity index (χ2n) is 5.32. The first-order chi connectivity index (χ1) is 8.97. The summed E-state index contributed by atoms with van der Waals surface area (Å²) in [6.45, 7) is 7.20. The molecule has 0 aliphatic rings. The molecule has 1 rings (SSSR count). The lowest BCUT2D eigenvalue weighted by Gasteiger charge is -2.18. The van der Waals surface area contributed by atoms with Gasteiger partial charge in [-0.1, -0.05) is 25.4 Å². The predicted molar refractivity (Wildman–Crippen MR) is 80.8 cm³/mol. The second-order valence-corrected chi connectivity index (χ2v) is 5.75. The van der Waals surface area contributed by atoms with Crippen LogP contribution >= 0.6 is 11.6 Å². The standard InChI is InChI=1S/C15H24ClNO2/c1-11(2)8-12(3)19-10-15(18)9-17-14-6-4-13(16)5-7-14/h4-7,11-12,15,17-18H,8-10H2,1-3H3. The van der Waals surface area contributed by atoms with Crippen molar-refractivity contribution in [3.05, 3.63) is 29.3 Å². The molecule has 0 radical (unpaired) electrons. The number of nitrogens with one attached hydrogen (secondary N) is 1. The molecule has 108 valence electrons. The molecule has 3 nitrogen and oxygen atoms in total. The van der Waals surface area contributed by atoms with Crippen LogP contribution in [-0.4, -0.2) is 30.5 Å². The second kappa shape index (κ2) is 8.41. The summed E-state index contributed by atoms with van der Waals surface area (Å²) in [5.74, 6) is 0.610. The average molecular weight is 286 g/mol. The normalized spacial score (nSPS) is 14.4. The maximum absolute atomic E-state index is 9.83. The van der Waals surface area contributed by atoms with Crippen LogP contribution in [0.1, 0.15) is 27.2 Å². The minimum atomic E-state index is -0.509. The lowest BCUT2D eigenvalue weighted by atomic mass is 10.1. The maximum atomic E-state index is 9.83. The highest BCUT2D eigenvalue weighted by atomic mass is 35.5. The number of rotatable bonds is 8. The van der Waals surface area contributed by atoms with Gasteiger partial charge in [-0.25, -0.2) is 0 Å². The number of benzene rings is 1. The third-order valence-corrected chi connectivity index (χ3v) is 3.01. The van der Waals surface area contributed by atoms with Crippen LogP contribution in [0.4, 0.5) is 5.69 Å². The number of halogens is 1. The zero-order valence-corrected chi connectivity index (χ0v) is 12.7. The molecule has 4 heteroatoms. The summed E-state index contributed by atoms with van der Waals surface area (Å²) in [5.41, 5.74) is 0.943. The van der Waals surface area contributed by atoms with Crippen molar-refractivity contribution in [2.45, 2.75) is 39.4 Å². The molecule has 0 saturated carbocycles. The first-order valence-electron chi connectivity index (χ1n) is 6.76. The lowest BCUT2D eigenvalue weighted by Crippen LogP contribution is -2.27. The van der Waals surface area contributed by atoms with Crippen molar-refractivity contribution in [1.29, 1.82) is 0 Å². The highest BCUT2D eigenvalue weighted by Crippen LogP contribution is 2.13. The molecule has 19 heavy (non-hydrogen) atoms. The number of hydrogen-bond donors (Lipinski definition) is 2. The molecule has 2 atom stereocenters. The SMILES string of the molecule is CC(C)CC(C)OCC(O)CNc1ccc(Cl)cc1. The predicted octanol–water partition coefficient (Wildman–Crippen LogP) is 3.56. The Morgan fingerprint density at radius 3 is 2.42 bits per heavy atom. The van der Waals surface area contributed by atoms with Gasteiger partial charge in [-0.3, -0.25) is 0 Å². The molecule has 1 aromatic carbocycles. The van der Waals surface area contributed by atoms with Crippen LogP contribution in [0.5, 0.6) is 0 Å². The van der Waals surface area contributed by atoms with Crippen molar-refractivity contribution in [2.75, 3.05) is 18.5 Å². The molecular formula is C15H24ClNO2. The van der Waals surface area contributed by atoms with E-state index in [1.165, 1.54) is 0 Å². The minimum absolute atomic E-state index is 0.185. The summed E-state index contributed by atoms with van der Waals surface area (Å²) in [6, 6.07) is 7.41. The Balaban J connectivity index is 2.20. The van der Waals surface area contributed by atoms with Crippen molar-refractivity contribution in [3.63, 3.8) is 0 Å². The van der Waals surface area contributed by atoms with E-state index in [2.05, 4.69) is 19.2 Å². The Morgan fingerprint density at radius 1 is 1.21 bits per heavy atom. The zero-order chi connectivity index (χ0) is 14.3. The molecule has 0 fully saturated rings. The van der Waals surface area contributed by atoms with Crippen molar-refractivity contribution < 1.29 is 9.84 Å². The topological polar surface area (TPSA) is 41.5 Å². The van der Waals surface area contributed by atoms with E-state index < -0.39 is 6.10 Å². The molecule has 0 spiro atoms. The van der Waals surface area contributed by atoms with Crippen molar-refractivity contribution in [3.8, 4) is 0 Å². The van der Waals surface area contributed by atoms with Crippen LogP contribution < -0.4 is 5.32 Å². The van der Waals surface area contributed by atoms with E-state index >= 15 is 0 Å². The number of ether oxygens (including phenoxy) is 1. The van der Waals surface area contributed by atoms with E-state index in [1.54, 1.807) is 0 Å². The van der Waals surface area contributed by atoms with Crippen LogP contribution in [0.3, 0.4) is 0 Å². The average Bonchev–Trinajstić information content (AvgIpc) is 2.35. The first-order valence-corrected chi connectivity index (χ1v) is 7.14. The third-order valence-electron chi connectivity index (χ3n) is 2.76. The van der Waals surface area contributed by atoms with Crippen LogP contribution in [0, 0.1) is 5.92 Å². The Morgan fingerprint density at radius 2 is 1.84 bits per heavy atom. The van der Waals surface area contributed by atoms with E-state index in [-0.39, 0.29) is 6.10 Å². The fourth-order valence-corrected chi connectivity index (χ4v) is 2.00. The van der Waals surface area contributed by atoms with Gasteiger partial charge in [0.25, 0.3) is 0 Å². The quantitative estimate of drug-likeness (QED) is 0.767. The van der Waals surface area contributed by atoms with Gasteiger partial charge in [0, 0.05) is 17.3 Å². The molecule has 2 unspecified atom stereocenters. The van der Waals surface area contributed by atoms with Crippen molar-refractivity contribution in [1.82, 2.24) is 0 Å². The van der Waals surface area contributed by atoms with E-state index in [9.17, 15) is 5.11 Å². The summed E-state index contributed by atoms with van der Waals surface area (Å²) in [6.07, 6.45) is 0.688. The molecule has 1 aromatic rings. The number of anilines is 1. The van der Waals surface area contributed by atoms with Crippen molar-refractivity contribution in [2.24, 2.45) is 5.92 Å². The van der Waals surface area contributed by atoms with E-state index in [4.69, 9.17) is 16.3 Å². The Bertz CT molecular complexity index is 354. The van der Waals surface area contributed by atoms with Gasteiger partial charge in [0.05, 0.1) is 18.8 Å². The smallest absolute Gasteiger partial charge is 0.0945 e. The molecule has 0 heterocycles. The fraction of sp³-hybridized carbons (Fsp3) is 0.600. The van der Waals surface area contributed by atoms with E-state index in [0.29, 0.717) is 24.1 Å². The molecule has 0 saturated heterocycles. The molecule has 2 N–H and O–H groups in total. The molecule has 0 aliphatic carbocycles. The summed E-state index contributed by atoms with van der Waals surface area (Å²) in [4.78, 5) is 0. The van der Waals surface area contributed by atoms with Crippen LogP contribution in [-0.2, 0) is 4.74 Å². The van der Waals surface area contributed by atoms with Crippen LogP contribution in [0.25, 0.3) is 0 Å². The highest BCUT2D eigenvalue weighted by Gasteiger charge is 2.09. The van der Waals surface area contributed by atoms with Gasteiger partial charge in [0.15, 0.2) is 0 Å². The van der Waals surface area contributed by atoms with Gasteiger partial charge in [0.1, 0.15) is 0 Å².